The molecule has 0 heterocycles. The summed E-state index contributed by atoms with van der Waals surface area (Å²) in [6.07, 6.45) is -0.104. The van der Waals surface area contributed by atoms with E-state index in [4.69, 9.17) is 26.2 Å². The molecule has 0 spiro atoms. The van der Waals surface area contributed by atoms with Gasteiger partial charge in [0.05, 0.1) is 12.5 Å². The minimum Gasteiger partial charge on any atom is -0.490 e. The highest BCUT2D eigenvalue weighted by molar-refractivity contribution is 6.30. The van der Waals surface area contributed by atoms with Crippen LogP contribution >= 0.6 is 11.6 Å². The van der Waals surface area contributed by atoms with Crippen LogP contribution in [0.2, 0.25) is 5.02 Å². The zero-order chi connectivity index (χ0) is 16.8. The lowest BCUT2D eigenvalue weighted by molar-refractivity contribution is -0.138. The van der Waals surface area contributed by atoms with Crippen LogP contribution in [-0.4, -0.2) is 17.2 Å². The Morgan fingerprint density at radius 1 is 1.00 bits per heavy atom. The van der Waals surface area contributed by atoms with E-state index < -0.39 is 5.97 Å². The molecule has 0 aromatic heterocycles. The summed E-state index contributed by atoms with van der Waals surface area (Å²) in [5.74, 6) is 1.17. The molecule has 2 aromatic carbocycles. The van der Waals surface area contributed by atoms with Gasteiger partial charge in [0.25, 0.3) is 0 Å². The predicted octanol–water partition coefficient (Wildman–Crippen LogP) is 5.01. The first-order valence-corrected chi connectivity index (χ1v) is 7.74. The Balaban J connectivity index is 1.93. The summed E-state index contributed by atoms with van der Waals surface area (Å²) in [5.41, 5.74) is 0. The molecule has 0 aliphatic rings. The molecule has 0 aliphatic carbocycles. The Morgan fingerprint density at radius 3 is 2.00 bits per heavy atom. The van der Waals surface area contributed by atoms with Crippen molar-refractivity contribution in [2.45, 2.75) is 26.4 Å². The maximum absolute atomic E-state index is 10.7. The van der Waals surface area contributed by atoms with Gasteiger partial charge in [-0.1, -0.05) is 18.5 Å². The maximum atomic E-state index is 10.7. The monoisotopic (exact) mass is 334 g/mol. The van der Waals surface area contributed by atoms with E-state index in [0.29, 0.717) is 22.3 Å². The van der Waals surface area contributed by atoms with Crippen molar-refractivity contribution >= 4 is 17.6 Å². The third-order valence-electron chi connectivity index (χ3n) is 3.49. The molecule has 5 heteroatoms. The quantitative estimate of drug-likeness (QED) is 0.773. The number of rotatable bonds is 7. The summed E-state index contributed by atoms with van der Waals surface area (Å²) in [6.45, 7) is 3.72. The van der Waals surface area contributed by atoms with Crippen molar-refractivity contribution in [2.75, 3.05) is 0 Å². The molecule has 0 fully saturated rings. The van der Waals surface area contributed by atoms with Crippen LogP contribution in [0.15, 0.2) is 48.5 Å². The fourth-order valence-electron chi connectivity index (χ4n) is 2.00. The molecular weight excluding hydrogens is 316 g/mol. The summed E-state index contributed by atoms with van der Waals surface area (Å²) in [7, 11) is 0. The smallest absolute Gasteiger partial charge is 0.303 e. The van der Waals surface area contributed by atoms with Gasteiger partial charge in [0.2, 0.25) is 0 Å². The van der Waals surface area contributed by atoms with Crippen LogP contribution in [0.25, 0.3) is 0 Å². The number of hydrogen-bond donors (Lipinski definition) is 1. The molecular formula is C18H19ClO4. The Hall–Kier alpha value is -2.20. The van der Waals surface area contributed by atoms with Crippen LogP contribution < -0.4 is 9.47 Å². The van der Waals surface area contributed by atoms with Crippen molar-refractivity contribution in [3.05, 3.63) is 53.6 Å². The predicted molar refractivity (Wildman–Crippen MR) is 89.5 cm³/mol. The van der Waals surface area contributed by atoms with Crippen LogP contribution in [0.5, 0.6) is 17.2 Å². The van der Waals surface area contributed by atoms with Crippen LogP contribution in [0.3, 0.4) is 0 Å². The first kappa shape index (κ1) is 17.2. The fourth-order valence-corrected chi connectivity index (χ4v) is 2.12. The molecule has 1 N–H and O–H groups in total. The van der Waals surface area contributed by atoms with E-state index in [1.165, 1.54) is 0 Å². The van der Waals surface area contributed by atoms with Gasteiger partial charge in [-0.05, 0) is 55.5 Å². The SMILES string of the molecule is CC(CC(=O)O)C(C)Oc1ccc(Oc2ccc(Cl)cc2)cc1. The average Bonchev–Trinajstić information content (AvgIpc) is 2.51. The maximum Gasteiger partial charge on any atom is 0.303 e. The lowest BCUT2D eigenvalue weighted by Crippen LogP contribution is -2.23. The molecule has 0 radical (unpaired) electrons. The molecule has 2 aromatic rings. The minimum atomic E-state index is -0.820. The van der Waals surface area contributed by atoms with E-state index in [9.17, 15) is 4.79 Å². The van der Waals surface area contributed by atoms with Crippen LogP contribution in [0, 0.1) is 5.92 Å². The van der Waals surface area contributed by atoms with Crippen molar-refractivity contribution in [2.24, 2.45) is 5.92 Å². The Bertz CT molecular complexity index is 637. The van der Waals surface area contributed by atoms with Gasteiger partial charge in [0.15, 0.2) is 0 Å². The largest absolute Gasteiger partial charge is 0.490 e. The summed E-state index contributed by atoms with van der Waals surface area (Å²) >= 11 is 5.83. The summed E-state index contributed by atoms with van der Waals surface area (Å²) < 4.78 is 11.5. The number of carboxylic acid groups (broad SMARTS) is 1. The number of ether oxygens (including phenoxy) is 2. The molecule has 0 saturated heterocycles. The fraction of sp³-hybridized carbons (Fsp3) is 0.278. The van der Waals surface area contributed by atoms with Crippen molar-refractivity contribution in [3.63, 3.8) is 0 Å². The summed E-state index contributed by atoms with van der Waals surface area (Å²) in [6, 6.07) is 14.3. The molecule has 0 saturated carbocycles. The number of carbonyl (C=O) groups is 1. The van der Waals surface area contributed by atoms with Gasteiger partial charge in [-0.25, -0.2) is 0 Å². The topological polar surface area (TPSA) is 55.8 Å². The number of carboxylic acids is 1. The number of benzene rings is 2. The molecule has 0 aliphatic heterocycles. The molecule has 4 nitrogen and oxygen atoms in total. The van der Waals surface area contributed by atoms with Crippen LogP contribution in [-0.2, 0) is 4.79 Å². The van der Waals surface area contributed by atoms with Gasteiger partial charge in [0.1, 0.15) is 17.2 Å². The van der Waals surface area contributed by atoms with Crippen molar-refractivity contribution < 1.29 is 19.4 Å². The van der Waals surface area contributed by atoms with E-state index in [1.54, 1.807) is 48.5 Å². The molecule has 2 atom stereocenters. The third-order valence-corrected chi connectivity index (χ3v) is 3.74. The van der Waals surface area contributed by atoms with E-state index in [0.717, 1.165) is 0 Å². The van der Waals surface area contributed by atoms with Crippen molar-refractivity contribution in [1.82, 2.24) is 0 Å². The zero-order valence-electron chi connectivity index (χ0n) is 13.0. The second kappa shape index (κ2) is 7.88. The Morgan fingerprint density at radius 2 is 1.48 bits per heavy atom. The van der Waals surface area contributed by atoms with E-state index in [2.05, 4.69) is 0 Å². The third kappa shape index (κ3) is 5.49. The Kier molecular flexibility index (Phi) is 5.88. The van der Waals surface area contributed by atoms with E-state index in [1.807, 2.05) is 13.8 Å². The van der Waals surface area contributed by atoms with Gasteiger partial charge in [-0.15, -0.1) is 0 Å². The highest BCUT2D eigenvalue weighted by atomic mass is 35.5. The average molecular weight is 335 g/mol. The normalized spacial score (nSPS) is 13.2. The Labute approximate surface area is 140 Å². The molecule has 0 bridgehead atoms. The number of hydrogen-bond acceptors (Lipinski definition) is 3. The zero-order valence-corrected chi connectivity index (χ0v) is 13.8. The van der Waals surface area contributed by atoms with Gasteiger partial charge in [-0.2, -0.15) is 0 Å². The summed E-state index contributed by atoms with van der Waals surface area (Å²) in [5, 5.41) is 9.47. The number of aliphatic carboxylic acids is 1. The highest BCUT2D eigenvalue weighted by Gasteiger charge is 2.17. The number of halogens is 1. The molecule has 2 rings (SSSR count). The molecule has 23 heavy (non-hydrogen) atoms. The van der Waals surface area contributed by atoms with E-state index >= 15 is 0 Å². The molecule has 122 valence electrons. The first-order valence-electron chi connectivity index (χ1n) is 7.36. The van der Waals surface area contributed by atoms with Gasteiger partial charge >= 0.3 is 5.97 Å². The molecule has 0 amide bonds. The van der Waals surface area contributed by atoms with E-state index in [-0.39, 0.29) is 18.4 Å². The molecule has 2 unspecified atom stereocenters. The van der Waals surface area contributed by atoms with Crippen LogP contribution in [0.4, 0.5) is 0 Å². The second-order valence-electron chi connectivity index (χ2n) is 5.43. The van der Waals surface area contributed by atoms with Crippen molar-refractivity contribution in [1.29, 1.82) is 0 Å². The lowest BCUT2D eigenvalue weighted by Gasteiger charge is -2.20. The minimum absolute atomic E-state index is 0.0718. The second-order valence-corrected chi connectivity index (χ2v) is 5.86. The highest BCUT2D eigenvalue weighted by Crippen LogP contribution is 2.26. The lowest BCUT2D eigenvalue weighted by atomic mass is 10.0. The van der Waals surface area contributed by atoms with Gasteiger partial charge in [-0.3, -0.25) is 4.79 Å². The van der Waals surface area contributed by atoms with Gasteiger partial charge < -0.3 is 14.6 Å². The first-order chi connectivity index (χ1) is 10.9. The van der Waals surface area contributed by atoms with Crippen molar-refractivity contribution in [3.8, 4) is 17.2 Å². The van der Waals surface area contributed by atoms with Crippen LogP contribution in [0.1, 0.15) is 20.3 Å². The van der Waals surface area contributed by atoms with Gasteiger partial charge in [0, 0.05) is 10.9 Å². The summed E-state index contributed by atoms with van der Waals surface area (Å²) in [4.78, 5) is 10.7. The standard InChI is InChI=1S/C18H19ClO4/c1-12(11-18(20)21)13(2)22-15-7-9-17(10-8-15)23-16-5-3-14(19)4-6-16/h3-10,12-13H,11H2,1-2H3,(H,20,21).